The second-order valence-electron chi connectivity index (χ2n) is 2.30. The van der Waals surface area contributed by atoms with Crippen molar-refractivity contribution in [1.82, 2.24) is 9.97 Å². The Morgan fingerprint density at radius 1 is 1.50 bits per heavy atom. The van der Waals surface area contributed by atoms with Crippen molar-refractivity contribution in [2.45, 2.75) is 12.5 Å². The largest absolute Gasteiger partial charge is 0.481 e. The smallest absolute Gasteiger partial charge is 0.321 e. The molecule has 0 aliphatic heterocycles. The summed E-state index contributed by atoms with van der Waals surface area (Å²) in [5.74, 6) is -2.50. The minimum atomic E-state index is -1.29. The molecule has 14 heavy (non-hydrogen) atoms. The molecule has 5 N–H and O–H groups in total. The molecule has 0 aliphatic carbocycles. The summed E-state index contributed by atoms with van der Waals surface area (Å²) in [7, 11) is 0. The average molecular weight is 201 g/mol. The number of imidazole rings is 1. The zero-order valence-electron chi connectivity index (χ0n) is 7.25. The Morgan fingerprint density at radius 3 is 2.29 bits per heavy atom. The van der Waals surface area contributed by atoms with Gasteiger partial charge in [-0.15, -0.1) is 0 Å². The predicted molar refractivity (Wildman–Crippen MR) is 46.5 cm³/mol. The quantitative estimate of drug-likeness (QED) is 0.510. The summed E-state index contributed by atoms with van der Waals surface area (Å²) in [6, 6.07) is -1.29. The van der Waals surface area contributed by atoms with Crippen molar-refractivity contribution in [2.24, 2.45) is 5.73 Å². The first kappa shape index (κ1) is 12.1. The van der Waals surface area contributed by atoms with Crippen molar-refractivity contribution in [1.29, 1.82) is 0 Å². The van der Waals surface area contributed by atoms with Crippen LogP contribution >= 0.6 is 0 Å². The van der Waals surface area contributed by atoms with Gasteiger partial charge in [0.15, 0.2) is 0 Å². The number of aromatic nitrogens is 2. The van der Waals surface area contributed by atoms with Gasteiger partial charge >= 0.3 is 11.9 Å². The van der Waals surface area contributed by atoms with E-state index < -0.39 is 24.4 Å². The first-order valence-electron chi connectivity index (χ1n) is 3.67. The van der Waals surface area contributed by atoms with E-state index in [-0.39, 0.29) is 0 Å². The molecule has 1 atom stereocenters. The van der Waals surface area contributed by atoms with E-state index in [1.54, 1.807) is 18.7 Å². The number of H-pyrrole nitrogens is 1. The molecule has 1 aromatic rings. The lowest BCUT2D eigenvalue weighted by molar-refractivity contribution is -0.144. The number of aromatic amines is 1. The molecule has 1 heterocycles. The summed E-state index contributed by atoms with van der Waals surface area (Å²) in [6.07, 6.45) is 4.55. The maximum Gasteiger partial charge on any atom is 0.321 e. The first-order chi connectivity index (χ1) is 6.54. The van der Waals surface area contributed by atoms with E-state index >= 15 is 0 Å². The normalized spacial score (nSPS) is 10.9. The Balaban J connectivity index is 0.000000280. The van der Waals surface area contributed by atoms with E-state index in [2.05, 4.69) is 9.97 Å². The predicted octanol–water partition coefficient (Wildman–Crippen LogP) is -0.717. The summed E-state index contributed by atoms with van der Waals surface area (Å²) >= 11 is 0. The number of rotatable bonds is 3. The molecule has 0 amide bonds. The summed E-state index contributed by atoms with van der Waals surface area (Å²) in [5.41, 5.74) is 4.84. The zero-order chi connectivity index (χ0) is 11.0. The monoisotopic (exact) mass is 201 g/mol. The molecular formula is C7H11N3O4. The number of nitrogens with zero attached hydrogens (tertiary/aromatic N) is 1. The summed E-state index contributed by atoms with van der Waals surface area (Å²) < 4.78 is 0. The van der Waals surface area contributed by atoms with Crippen molar-refractivity contribution in [3.63, 3.8) is 0 Å². The minimum Gasteiger partial charge on any atom is -0.481 e. The number of carboxylic acids is 2. The van der Waals surface area contributed by atoms with E-state index in [0.29, 0.717) is 0 Å². The van der Waals surface area contributed by atoms with E-state index in [1.165, 1.54) is 0 Å². The van der Waals surface area contributed by atoms with Crippen molar-refractivity contribution in [3.8, 4) is 0 Å². The van der Waals surface area contributed by atoms with Crippen LogP contribution in [-0.4, -0.2) is 38.2 Å². The number of nitrogens with two attached hydrogens (primary N) is 1. The van der Waals surface area contributed by atoms with Crippen LogP contribution in [0.3, 0.4) is 0 Å². The average Bonchev–Trinajstić information content (AvgIpc) is 2.59. The Hall–Kier alpha value is -1.89. The molecule has 1 unspecified atom stereocenters. The lowest BCUT2D eigenvalue weighted by Gasteiger charge is -1.99. The van der Waals surface area contributed by atoms with Gasteiger partial charge in [0.25, 0.3) is 0 Å². The Morgan fingerprint density at radius 2 is 2.14 bits per heavy atom. The SMILES string of the molecule is NC(CC(=O)O)C(=O)O.c1c[nH]cn1. The third kappa shape index (κ3) is 6.80. The van der Waals surface area contributed by atoms with Crippen LogP contribution in [0.4, 0.5) is 0 Å². The van der Waals surface area contributed by atoms with Gasteiger partial charge in [0, 0.05) is 12.4 Å². The molecule has 0 aromatic carbocycles. The molecule has 0 saturated heterocycles. The van der Waals surface area contributed by atoms with E-state index in [1.807, 2.05) is 0 Å². The summed E-state index contributed by atoms with van der Waals surface area (Å²) in [4.78, 5) is 26.0. The molecule has 78 valence electrons. The highest BCUT2D eigenvalue weighted by Gasteiger charge is 2.14. The van der Waals surface area contributed by atoms with Crippen LogP contribution in [0, 0.1) is 0 Å². The van der Waals surface area contributed by atoms with Gasteiger partial charge in [-0.2, -0.15) is 0 Å². The number of hydrogen-bond donors (Lipinski definition) is 4. The maximum atomic E-state index is 9.85. The summed E-state index contributed by atoms with van der Waals surface area (Å²) in [6.45, 7) is 0. The molecular weight excluding hydrogens is 190 g/mol. The molecule has 1 aromatic heterocycles. The van der Waals surface area contributed by atoms with Gasteiger partial charge in [-0.1, -0.05) is 0 Å². The summed E-state index contributed by atoms with van der Waals surface area (Å²) in [5, 5.41) is 16.0. The van der Waals surface area contributed by atoms with Crippen LogP contribution in [-0.2, 0) is 9.59 Å². The van der Waals surface area contributed by atoms with Crippen molar-refractivity contribution >= 4 is 11.9 Å². The molecule has 0 bridgehead atoms. The van der Waals surface area contributed by atoms with Gasteiger partial charge < -0.3 is 20.9 Å². The fourth-order valence-corrected chi connectivity index (χ4v) is 0.491. The van der Waals surface area contributed by atoms with Gasteiger partial charge in [0.2, 0.25) is 0 Å². The van der Waals surface area contributed by atoms with Gasteiger partial charge in [-0.3, -0.25) is 9.59 Å². The van der Waals surface area contributed by atoms with Crippen molar-refractivity contribution in [2.75, 3.05) is 0 Å². The van der Waals surface area contributed by atoms with Crippen LogP contribution in [0.15, 0.2) is 18.7 Å². The topological polar surface area (TPSA) is 129 Å². The van der Waals surface area contributed by atoms with E-state index in [9.17, 15) is 9.59 Å². The third-order valence-corrected chi connectivity index (χ3v) is 1.12. The standard InChI is InChI=1S/C4H7NO4.C3H4N2/c5-2(4(8)9)1-3(6)7;1-2-5-3-4-1/h2H,1,5H2,(H,6,7)(H,8,9);1-3H,(H,4,5). The molecule has 0 aliphatic rings. The van der Waals surface area contributed by atoms with Crippen LogP contribution in [0.5, 0.6) is 0 Å². The zero-order valence-corrected chi connectivity index (χ0v) is 7.25. The molecule has 0 saturated carbocycles. The van der Waals surface area contributed by atoms with Crippen molar-refractivity contribution in [3.05, 3.63) is 18.7 Å². The molecule has 1 rings (SSSR count). The molecule has 0 fully saturated rings. The number of hydrogen-bond acceptors (Lipinski definition) is 4. The highest BCUT2D eigenvalue weighted by Crippen LogP contribution is 1.86. The van der Waals surface area contributed by atoms with Crippen LogP contribution < -0.4 is 5.73 Å². The highest BCUT2D eigenvalue weighted by atomic mass is 16.4. The Kier molecular flexibility index (Phi) is 5.72. The minimum absolute atomic E-state index is 0.532. The molecule has 0 radical (unpaired) electrons. The van der Waals surface area contributed by atoms with Crippen LogP contribution in [0.25, 0.3) is 0 Å². The molecule has 7 heteroatoms. The maximum absolute atomic E-state index is 9.85. The van der Waals surface area contributed by atoms with E-state index in [4.69, 9.17) is 15.9 Å². The lowest BCUT2D eigenvalue weighted by Crippen LogP contribution is -2.32. The number of aliphatic carboxylic acids is 2. The second-order valence-corrected chi connectivity index (χ2v) is 2.30. The van der Waals surface area contributed by atoms with Gasteiger partial charge in [0.1, 0.15) is 6.04 Å². The van der Waals surface area contributed by atoms with Gasteiger partial charge in [0.05, 0.1) is 12.7 Å². The van der Waals surface area contributed by atoms with E-state index in [0.717, 1.165) is 0 Å². The Labute approximate surface area is 79.6 Å². The Bertz CT molecular complexity index is 255. The first-order valence-corrected chi connectivity index (χ1v) is 3.67. The number of carboxylic acid groups (broad SMARTS) is 2. The molecule has 0 spiro atoms. The van der Waals surface area contributed by atoms with Gasteiger partial charge in [-0.25, -0.2) is 4.98 Å². The van der Waals surface area contributed by atoms with Crippen molar-refractivity contribution < 1.29 is 19.8 Å². The van der Waals surface area contributed by atoms with Crippen LogP contribution in [0.1, 0.15) is 6.42 Å². The van der Waals surface area contributed by atoms with Crippen LogP contribution in [0.2, 0.25) is 0 Å². The second kappa shape index (κ2) is 6.61. The number of nitrogens with one attached hydrogen (secondary N) is 1. The third-order valence-electron chi connectivity index (χ3n) is 1.12. The lowest BCUT2D eigenvalue weighted by atomic mass is 10.2. The highest BCUT2D eigenvalue weighted by molar-refractivity contribution is 5.80. The molecule has 7 nitrogen and oxygen atoms in total. The van der Waals surface area contributed by atoms with Gasteiger partial charge in [-0.05, 0) is 0 Å². The fraction of sp³-hybridized carbons (Fsp3) is 0.286. The number of carbonyl (C=O) groups is 2. The fourth-order valence-electron chi connectivity index (χ4n) is 0.491.